The van der Waals surface area contributed by atoms with Gasteiger partial charge in [0.25, 0.3) is 5.91 Å². The van der Waals surface area contributed by atoms with E-state index in [9.17, 15) is 13.2 Å². The van der Waals surface area contributed by atoms with Gasteiger partial charge in [0, 0.05) is 26.2 Å². The Kier molecular flexibility index (Phi) is 5.23. The fraction of sp³-hybridized carbons (Fsp3) is 0.714. The van der Waals surface area contributed by atoms with Gasteiger partial charge in [0.05, 0.1) is 11.4 Å². The number of amides is 1. The molecule has 0 radical (unpaired) electrons. The Bertz CT molecular complexity index is 631. The van der Waals surface area contributed by atoms with Crippen LogP contribution in [0.15, 0.2) is 6.07 Å². The number of aromatic nitrogens is 2. The largest absolute Gasteiger partial charge is 0.348 e. The Morgan fingerprint density at radius 1 is 1.41 bits per heavy atom. The summed E-state index contributed by atoms with van der Waals surface area (Å²) < 4.78 is 27.1. The van der Waals surface area contributed by atoms with Crippen LogP contribution in [0.5, 0.6) is 0 Å². The molecular weight excluding hydrogens is 304 g/mol. The summed E-state index contributed by atoms with van der Waals surface area (Å²) in [7, 11) is -1.40. The van der Waals surface area contributed by atoms with Gasteiger partial charge in [-0.25, -0.2) is 12.7 Å². The third-order valence-corrected chi connectivity index (χ3v) is 5.96. The Labute approximate surface area is 131 Å². The van der Waals surface area contributed by atoms with Crippen molar-refractivity contribution in [3.05, 3.63) is 17.5 Å². The Morgan fingerprint density at radius 2 is 2.05 bits per heavy atom. The summed E-state index contributed by atoms with van der Waals surface area (Å²) in [5.74, 6) is 0.0381. The van der Waals surface area contributed by atoms with Crippen molar-refractivity contribution in [1.82, 2.24) is 19.4 Å². The minimum atomic E-state index is -3.13. The van der Waals surface area contributed by atoms with Crippen molar-refractivity contribution in [2.24, 2.45) is 7.05 Å². The van der Waals surface area contributed by atoms with Gasteiger partial charge in [-0.1, -0.05) is 6.92 Å². The molecule has 0 aromatic carbocycles. The molecule has 1 fully saturated rings. The molecule has 0 saturated carbocycles. The average Bonchev–Trinajstić information content (AvgIpc) is 2.78. The first-order valence-corrected chi connectivity index (χ1v) is 9.23. The quantitative estimate of drug-likeness (QED) is 0.861. The van der Waals surface area contributed by atoms with Crippen LogP contribution < -0.4 is 5.32 Å². The second-order valence-corrected chi connectivity index (χ2v) is 7.85. The van der Waals surface area contributed by atoms with E-state index in [1.165, 1.54) is 4.31 Å². The highest BCUT2D eigenvalue weighted by Gasteiger charge is 2.28. The van der Waals surface area contributed by atoms with Crippen LogP contribution in [0.4, 0.5) is 0 Å². The van der Waals surface area contributed by atoms with Gasteiger partial charge >= 0.3 is 0 Å². The normalized spacial score (nSPS) is 17.6. The van der Waals surface area contributed by atoms with Crippen molar-refractivity contribution >= 4 is 15.9 Å². The lowest BCUT2D eigenvalue weighted by molar-refractivity contribution is 0.0914. The van der Waals surface area contributed by atoms with E-state index >= 15 is 0 Å². The molecule has 0 aliphatic carbocycles. The first kappa shape index (κ1) is 17.0. The molecule has 8 heteroatoms. The molecule has 1 aliphatic rings. The minimum Gasteiger partial charge on any atom is -0.348 e. The van der Waals surface area contributed by atoms with E-state index in [0.717, 1.165) is 5.69 Å². The second-order valence-electron chi connectivity index (χ2n) is 5.76. The maximum atomic E-state index is 12.2. The van der Waals surface area contributed by atoms with Gasteiger partial charge in [0.1, 0.15) is 5.69 Å². The van der Waals surface area contributed by atoms with E-state index in [-0.39, 0.29) is 17.7 Å². The van der Waals surface area contributed by atoms with Crippen LogP contribution in [0.3, 0.4) is 0 Å². The number of rotatable bonds is 5. The van der Waals surface area contributed by atoms with E-state index in [1.54, 1.807) is 17.8 Å². The van der Waals surface area contributed by atoms with Crippen molar-refractivity contribution < 1.29 is 13.2 Å². The smallest absolute Gasteiger partial charge is 0.269 e. The zero-order valence-electron chi connectivity index (χ0n) is 13.4. The highest BCUT2D eigenvalue weighted by atomic mass is 32.2. The van der Waals surface area contributed by atoms with Crippen molar-refractivity contribution in [3.63, 3.8) is 0 Å². The van der Waals surface area contributed by atoms with Crippen LogP contribution in [0.1, 0.15) is 42.4 Å². The molecule has 0 unspecified atom stereocenters. The molecule has 1 aromatic heterocycles. The molecule has 1 N–H and O–H groups in total. The number of carbonyl (C=O) groups is 1. The molecule has 1 saturated heterocycles. The second kappa shape index (κ2) is 6.78. The molecule has 1 aliphatic heterocycles. The summed E-state index contributed by atoms with van der Waals surface area (Å²) >= 11 is 0. The lowest BCUT2D eigenvalue weighted by Crippen LogP contribution is -2.47. The van der Waals surface area contributed by atoms with Crippen LogP contribution in [0, 0.1) is 6.92 Å². The van der Waals surface area contributed by atoms with Crippen molar-refractivity contribution in [1.29, 1.82) is 0 Å². The molecule has 7 nitrogen and oxygen atoms in total. The zero-order valence-corrected chi connectivity index (χ0v) is 14.2. The number of aryl methyl sites for hydroxylation is 2. The molecule has 124 valence electrons. The standard InChI is InChI=1S/C14H24N4O3S/c1-4-9-22(20,21)18-7-5-12(6-8-18)15-14(19)13-10-11(2)16-17(13)3/h10,12H,4-9H2,1-3H3,(H,15,19). The predicted molar refractivity (Wildman–Crippen MR) is 84.1 cm³/mol. The number of carbonyl (C=O) groups excluding carboxylic acids is 1. The summed E-state index contributed by atoms with van der Waals surface area (Å²) in [5.41, 5.74) is 1.33. The fourth-order valence-electron chi connectivity index (χ4n) is 2.75. The Balaban J connectivity index is 1.90. The molecule has 0 spiro atoms. The highest BCUT2D eigenvalue weighted by Crippen LogP contribution is 2.15. The van der Waals surface area contributed by atoms with Crippen LogP contribution >= 0.6 is 0 Å². The molecule has 2 heterocycles. The number of hydrogen-bond acceptors (Lipinski definition) is 4. The first-order valence-electron chi connectivity index (χ1n) is 7.63. The molecule has 0 bridgehead atoms. The van der Waals surface area contributed by atoms with Crippen molar-refractivity contribution in [2.45, 2.75) is 39.2 Å². The van der Waals surface area contributed by atoms with Gasteiger partial charge in [-0.2, -0.15) is 5.10 Å². The summed E-state index contributed by atoms with van der Waals surface area (Å²) in [6, 6.07) is 1.76. The SMILES string of the molecule is CCCS(=O)(=O)N1CCC(NC(=O)c2cc(C)nn2C)CC1. The molecule has 0 atom stereocenters. The molecule has 22 heavy (non-hydrogen) atoms. The van der Waals surface area contributed by atoms with Crippen molar-refractivity contribution in [2.75, 3.05) is 18.8 Å². The molecule has 1 aromatic rings. The maximum absolute atomic E-state index is 12.2. The number of hydrogen-bond donors (Lipinski definition) is 1. The molecule has 1 amide bonds. The number of nitrogens with zero attached hydrogens (tertiary/aromatic N) is 3. The Morgan fingerprint density at radius 3 is 2.55 bits per heavy atom. The highest BCUT2D eigenvalue weighted by molar-refractivity contribution is 7.89. The topological polar surface area (TPSA) is 84.3 Å². The van der Waals surface area contributed by atoms with Gasteiger partial charge in [0.15, 0.2) is 0 Å². The number of sulfonamides is 1. The minimum absolute atomic E-state index is 0.00998. The zero-order chi connectivity index (χ0) is 16.3. The molecular formula is C14H24N4O3S. The Hall–Kier alpha value is -1.41. The first-order chi connectivity index (χ1) is 10.3. The summed E-state index contributed by atoms with van der Waals surface area (Å²) in [6.07, 6.45) is 1.91. The third kappa shape index (κ3) is 3.86. The number of nitrogens with one attached hydrogen (secondary N) is 1. The van der Waals surface area contributed by atoms with Gasteiger partial charge in [-0.05, 0) is 32.3 Å². The van der Waals surface area contributed by atoms with Gasteiger partial charge in [0.2, 0.25) is 10.0 Å². The van der Waals surface area contributed by atoms with E-state index in [0.29, 0.717) is 38.0 Å². The molecule has 2 rings (SSSR count). The average molecular weight is 328 g/mol. The van der Waals surface area contributed by atoms with Crippen molar-refractivity contribution in [3.8, 4) is 0 Å². The lowest BCUT2D eigenvalue weighted by Gasteiger charge is -2.31. The van der Waals surface area contributed by atoms with Crippen LogP contribution in [-0.2, 0) is 17.1 Å². The van der Waals surface area contributed by atoms with E-state index in [2.05, 4.69) is 10.4 Å². The fourth-order valence-corrected chi connectivity index (χ4v) is 4.29. The van der Waals surface area contributed by atoms with Gasteiger partial charge < -0.3 is 5.32 Å². The third-order valence-electron chi connectivity index (χ3n) is 3.88. The van der Waals surface area contributed by atoms with Crippen LogP contribution in [-0.4, -0.2) is 53.3 Å². The van der Waals surface area contributed by atoms with Gasteiger partial charge in [-0.15, -0.1) is 0 Å². The van der Waals surface area contributed by atoms with Crippen LogP contribution in [0.25, 0.3) is 0 Å². The summed E-state index contributed by atoms with van der Waals surface area (Å²) in [5, 5.41) is 7.13. The van der Waals surface area contributed by atoms with E-state index in [4.69, 9.17) is 0 Å². The summed E-state index contributed by atoms with van der Waals surface area (Å²) in [6.45, 7) is 4.64. The summed E-state index contributed by atoms with van der Waals surface area (Å²) in [4.78, 5) is 12.2. The van der Waals surface area contributed by atoms with Gasteiger partial charge in [-0.3, -0.25) is 9.48 Å². The lowest BCUT2D eigenvalue weighted by atomic mass is 10.1. The van der Waals surface area contributed by atoms with E-state index in [1.807, 2.05) is 13.8 Å². The van der Waals surface area contributed by atoms with E-state index < -0.39 is 10.0 Å². The predicted octanol–water partition coefficient (Wildman–Crippen LogP) is 0.663. The monoisotopic (exact) mass is 328 g/mol. The van der Waals surface area contributed by atoms with Crippen LogP contribution in [0.2, 0.25) is 0 Å². The number of piperidine rings is 1. The maximum Gasteiger partial charge on any atom is 0.269 e.